The summed E-state index contributed by atoms with van der Waals surface area (Å²) in [6.45, 7) is -1.35. The molecule has 0 spiro atoms. The predicted molar refractivity (Wildman–Crippen MR) is 58.6 cm³/mol. The van der Waals surface area contributed by atoms with Crippen LogP contribution in [0.2, 0.25) is 5.02 Å². The van der Waals surface area contributed by atoms with Crippen molar-refractivity contribution < 1.29 is 22.3 Å². The van der Waals surface area contributed by atoms with Crippen LogP contribution in [0.5, 0.6) is 0 Å². The zero-order chi connectivity index (χ0) is 13.1. The van der Waals surface area contributed by atoms with E-state index in [-0.39, 0.29) is 16.5 Å². The fraction of sp³-hybridized carbons (Fsp3) is 0.333. The molecule has 17 heavy (non-hydrogen) atoms. The standard InChI is InChI=1S/C9H10ClF2NO3S/c10-7-2-1-6(5-14)3-8(7)17(15,16)13-4-9(11)12/h1-3,9,13-14H,4-5H2. The van der Waals surface area contributed by atoms with Gasteiger partial charge in [0.15, 0.2) is 0 Å². The van der Waals surface area contributed by atoms with Gasteiger partial charge < -0.3 is 5.11 Å². The molecular weight excluding hydrogens is 276 g/mol. The van der Waals surface area contributed by atoms with E-state index in [1.54, 1.807) is 4.72 Å². The minimum Gasteiger partial charge on any atom is -0.392 e. The van der Waals surface area contributed by atoms with Crippen LogP contribution in [0.1, 0.15) is 5.56 Å². The summed E-state index contributed by atoms with van der Waals surface area (Å²) in [7, 11) is -4.09. The highest BCUT2D eigenvalue weighted by Gasteiger charge is 2.19. The highest BCUT2D eigenvalue weighted by molar-refractivity contribution is 7.89. The Balaban J connectivity index is 3.05. The molecule has 0 amide bonds. The second-order valence-corrected chi connectivity index (χ2v) is 5.31. The molecule has 0 aromatic heterocycles. The number of alkyl halides is 2. The summed E-state index contributed by atoms with van der Waals surface area (Å²) in [6, 6.07) is 3.86. The van der Waals surface area contributed by atoms with Gasteiger partial charge in [-0.25, -0.2) is 21.9 Å². The Bertz CT molecular complexity index is 493. The molecule has 0 aliphatic rings. The third kappa shape index (κ3) is 3.88. The van der Waals surface area contributed by atoms with Crippen LogP contribution < -0.4 is 4.72 Å². The third-order valence-corrected chi connectivity index (χ3v) is 3.80. The first-order chi connectivity index (χ1) is 7.86. The molecule has 0 atom stereocenters. The lowest BCUT2D eigenvalue weighted by molar-refractivity contribution is 0.153. The van der Waals surface area contributed by atoms with Gasteiger partial charge in [-0.3, -0.25) is 0 Å². The monoisotopic (exact) mass is 285 g/mol. The molecule has 1 rings (SSSR count). The Morgan fingerprint density at radius 1 is 1.41 bits per heavy atom. The van der Waals surface area contributed by atoms with Crippen molar-refractivity contribution in [1.29, 1.82) is 0 Å². The number of benzene rings is 1. The fourth-order valence-corrected chi connectivity index (χ4v) is 2.66. The molecule has 0 bridgehead atoms. The molecule has 0 heterocycles. The zero-order valence-corrected chi connectivity index (χ0v) is 10.1. The van der Waals surface area contributed by atoms with E-state index in [0.717, 1.165) is 6.07 Å². The van der Waals surface area contributed by atoms with Crippen LogP contribution in [-0.4, -0.2) is 26.5 Å². The highest BCUT2D eigenvalue weighted by Crippen LogP contribution is 2.22. The Morgan fingerprint density at radius 3 is 2.59 bits per heavy atom. The zero-order valence-electron chi connectivity index (χ0n) is 8.53. The Hall–Kier alpha value is -0.760. The first-order valence-electron chi connectivity index (χ1n) is 4.54. The van der Waals surface area contributed by atoms with Crippen molar-refractivity contribution >= 4 is 21.6 Å². The summed E-state index contributed by atoms with van der Waals surface area (Å²) in [5.74, 6) is 0. The molecule has 96 valence electrons. The molecule has 0 fully saturated rings. The first-order valence-corrected chi connectivity index (χ1v) is 6.40. The minimum absolute atomic E-state index is 0.0935. The largest absolute Gasteiger partial charge is 0.392 e. The lowest BCUT2D eigenvalue weighted by atomic mass is 10.2. The van der Waals surface area contributed by atoms with Crippen LogP contribution >= 0.6 is 11.6 Å². The molecule has 4 nitrogen and oxygen atoms in total. The van der Waals surface area contributed by atoms with Crippen LogP contribution in [0.15, 0.2) is 23.1 Å². The summed E-state index contributed by atoms with van der Waals surface area (Å²) in [5.41, 5.74) is 0.326. The van der Waals surface area contributed by atoms with E-state index in [2.05, 4.69) is 0 Å². The lowest BCUT2D eigenvalue weighted by Crippen LogP contribution is -2.28. The summed E-state index contributed by atoms with van der Waals surface area (Å²) < 4.78 is 48.8. The molecule has 8 heteroatoms. The number of nitrogens with one attached hydrogen (secondary N) is 1. The number of aliphatic hydroxyl groups excluding tert-OH is 1. The molecule has 2 N–H and O–H groups in total. The van der Waals surface area contributed by atoms with Crippen LogP contribution in [0.25, 0.3) is 0 Å². The van der Waals surface area contributed by atoms with Crippen LogP contribution in [-0.2, 0) is 16.6 Å². The molecule has 0 unspecified atom stereocenters. The molecule has 0 saturated carbocycles. The number of hydrogen-bond acceptors (Lipinski definition) is 3. The Morgan fingerprint density at radius 2 is 2.06 bits per heavy atom. The van der Waals surface area contributed by atoms with Crippen molar-refractivity contribution in [3.8, 4) is 0 Å². The molecule has 0 saturated heterocycles. The average molecular weight is 286 g/mol. The first kappa shape index (κ1) is 14.3. The van der Waals surface area contributed by atoms with E-state index >= 15 is 0 Å². The molecular formula is C9H10ClF2NO3S. The van der Waals surface area contributed by atoms with Crippen LogP contribution in [0.3, 0.4) is 0 Å². The minimum atomic E-state index is -4.09. The molecule has 0 aliphatic carbocycles. The van der Waals surface area contributed by atoms with Gasteiger partial charge in [-0.2, -0.15) is 0 Å². The van der Waals surface area contributed by atoms with Crippen molar-refractivity contribution in [2.45, 2.75) is 17.9 Å². The van der Waals surface area contributed by atoms with E-state index in [1.165, 1.54) is 12.1 Å². The molecule has 1 aromatic rings. The highest BCUT2D eigenvalue weighted by atomic mass is 35.5. The number of hydrogen-bond donors (Lipinski definition) is 2. The van der Waals surface area contributed by atoms with Crippen LogP contribution in [0, 0.1) is 0 Å². The second-order valence-electron chi connectivity index (χ2n) is 3.17. The van der Waals surface area contributed by atoms with Gasteiger partial charge in [0.05, 0.1) is 18.2 Å². The maximum absolute atomic E-state index is 11.9. The number of halogens is 3. The maximum atomic E-state index is 11.9. The van der Waals surface area contributed by atoms with Crippen molar-refractivity contribution in [2.24, 2.45) is 0 Å². The van der Waals surface area contributed by atoms with Gasteiger partial charge >= 0.3 is 0 Å². The SMILES string of the molecule is O=S(=O)(NCC(F)F)c1cc(CO)ccc1Cl. The Labute approximate surface area is 102 Å². The smallest absolute Gasteiger partial charge is 0.251 e. The van der Waals surface area contributed by atoms with Gasteiger partial charge in [0, 0.05) is 0 Å². The molecule has 0 aliphatic heterocycles. The number of rotatable bonds is 5. The number of aliphatic hydroxyl groups is 1. The van der Waals surface area contributed by atoms with Gasteiger partial charge in [-0.15, -0.1) is 0 Å². The van der Waals surface area contributed by atoms with E-state index in [1.807, 2.05) is 0 Å². The predicted octanol–water partition coefficient (Wildman–Crippen LogP) is 1.38. The number of sulfonamides is 1. The van der Waals surface area contributed by atoms with Crippen molar-refractivity contribution in [3.63, 3.8) is 0 Å². The Kier molecular flexibility index (Phi) is 4.81. The van der Waals surface area contributed by atoms with E-state index < -0.39 is 23.0 Å². The topological polar surface area (TPSA) is 66.4 Å². The van der Waals surface area contributed by atoms with E-state index in [0.29, 0.717) is 5.56 Å². The van der Waals surface area contributed by atoms with E-state index in [9.17, 15) is 17.2 Å². The quantitative estimate of drug-likeness (QED) is 0.859. The summed E-state index contributed by atoms with van der Waals surface area (Å²) >= 11 is 5.66. The van der Waals surface area contributed by atoms with Gasteiger partial charge in [0.25, 0.3) is 6.43 Å². The summed E-state index contributed by atoms with van der Waals surface area (Å²) in [5, 5.41) is 8.76. The average Bonchev–Trinajstić information content (AvgIpc) is 2.27. The molecule has 0 radical (unpaired) electrons. The van der Waals surface area contributed by atoms with Crippen molar-refractivity contribution in [1.82, 2.24) is 4.72 Å². The summed E-state index contributed by atoms with van der Waals surface area (Å²) in [6.07, 6.45) is -2.79. The van der Waals surface area contributed by atoms with Gasteiger partial charge in [-0.05, 0) is 17.7 Å². The second kappa shape index (κ2) is 5.72. The third-order valence-electron chi connectivity index (χ3n) is 1.90. The normalized spacial score (nSPS) is 12.1. The van der Waals surface area contributed by atoms with Gasteiger partial charge in [0.1, 0.15) is 4.90 Å². The lowest BCUT2D eigenvalue weighted by Gasteiger charge is -2.09. The summed E-state index contributed by atoms with van der Waals surface area (Å²) in [4.78, 5) is -0.327. The van der Waals surface area contributed by atoms with Gasteiger partial charge in [0.2, 0.25) is 10.0 Å². The van der Waals surface area contributed by atoms with Crippen molar-refractivity contribution in [2.75, 3.05) is 6.54 Å². The fourth-order valence-electron chi connectivity index (χ4n) is 1.10. The van der Waals surface area contributed by atoms with E-state index in [4.69, 9.17) is 16.7 Å². The maximum Gasteiger partial charge on any atom is 0.251 e. The molecule has 1 aromatic carbocycles. The van der Waals surface area contributed by atoms with Crippen molar-refractivity contribution in [3.05, 3.63) is 28.8 Å². The van der Waals surface area contributed by atoms with Crippen LogP contribution in [0.4, 0.5) is 8.78 Å². The van der Waals surface area contributed by atoms with Gasteiger partial charge in [-0.1, -0.05) is 17.7 Å².